The van der Waals surface area contributed by atoms with Gasteiger partial charge in [-0.2, -0.15) is 11.8 Å². The first-order chi connectivity index (χ1) is 5.84. The van der Waals surface area contributed by atoms with Crippen LogP contribution in [0, 0.1) is 0 Å². The summed E-state index contributed by atoms with van der Waals surface area (Å²) >= 11 is 3.93. The average Bonchev–Trinajstić information content (AvgIpc) is 2.15. The molecule has 0 aliphatic carbocycles. The molecule has 1 rings (SSSR count). The van der Waals surface area contributed by atoms with Crippen molar-refractivity contribution in [2.75, 3.05) is 23.8 Å². The van der Waals surface area contributed by atoms with Crippen LogP contribution >= 0.6 is 23.5 Å². The molecule has 70 valence electrons. The lowest BCUT2D eigenvalue weighted by molar-refractivity contribution is 0.924. The standard InChI is InChI=1S/C8H16N2S2/c1-2-3-10-8(9)7-6-11-4-5-12-7/h7H,2-6H2,1H3,(H2,9,10). The molecule has 1 unspecified atom stereocenters. The Labute approximate surface area is 82.8 Å². The maximum absolute atomic E-state index is 5.85. The summed E-state index contributed by atoms with van der Waals surface area (Å²) < 4.78 is 0. The molecule has 1 fully saturated rings. The maximum Gasteiger partial charge on any atom is 0.108 e. The predicted octanol–water partition coefficient (Wildman–Crippen LogP) is 1.60. The second-order valence-electron chi connectivity index (χ2n) is 2.74. The molecule has 0 radical (unpaired) electrons. The van der Waals surface area contributed by atoms with E-state index in [0.717, 1.165) is 24.6 Å². The zero-order valence-electron chi connectivity index (χ0n) is 7.45. The number of hydrogen-bond acceptors (Lipinski definition) is 3. The van der Waals surface area contributed by atoms with Crippen molar-refractivity contribution in [2.45, 2.75) is 18.6 Å². The molecule has 0 aromatic carbocycles. The molecular weight excluding hydrogens is 188 g/mol. The van der Waals surface area contributed by atoms with E-state index in [1.165, 1.54) is 11.5 Å². The third-order valence-electron chi connectivity index (χ3n) is 1.66. The number of thioether (sulfide) groups is 2. The Hall–Kier alpha value is 0.170. The highest BCUT2D eigenvalue weighted by molar-refractivity contribution is 8.07. The van der Waals surface area contributed by atoms with Gasteiger partial charge in [0.2, 0.25) is 0 Å². The van der Waals surface area contributed by atoms with E-state index in [2.05, 4.69) is 11.9 Å². The average molecular weight is 204 g/mol. The van der Waals surface area contributed by atoms with E-state index in [0.29, 0.717) is 5.25 Å². The van der Waals surface area contributed by atoms with Crippen LogP contribution in [-0.4, -0.2) is 34.9 Å². The third kappa shape index (κ3) is 3.27. The normalized spacial score (nSPS) is 25.8. The smallest absolute Gasteiger partial charge is 0.108 e. The highest BCUT2D eigenvalue weighted by atomic mass is 32.2. The summed E-state index contributed by atoms with van der Waals surface area (Å²) in [6.07, 6.45) is 1.09. The summed E-state index contributed by atoms with van der Waals surface area (Å²) in [6, 6.07) is 0. The van der Waals surface area contributed by atoms with Crippen molar-refractivity contribution >= 4 is 29.4 Å². The number of amidine groups is 1. The molecular formula is C8H16N2S2. The van der Waals surface area contributed by atoms with E-state index in [9.17, 15) is 0 Å². The molecule has 1 aliphatic rings. The van der Waals surface area contributed by atoms with E-state index < -0.39 is 0 Å². The zero-order chi connectivity index (χ0) is 8.81. The van der Waals surface area contributed by atoms with Gasteiger partial charge in [-0.05, 0) is 6.42 Å². The topological polar surface area (TPSA) is 38.4 Å². The number of hydrogen-bond donors (Lipinski definition) is 1. The summed E-state index contributed by atoms with van der Waals surface area (Å²) in [5, 5.41) is 0.482. The Morgan fingerprint density at radius 1 is 1.58 bits per heavy atom. The predicted molar refractivity (Wildman–Crippen MR) is 60.4 cm³/mol. The number of rotatable bonds is 3. The number of aliphatic imine (C=N–C) groups is 1. The van der Waals surface area contributed by atoms with Gasteiger partial charge in [0, 0.05) is 23.8 Å². The molecule has 4 heteroatoms. The second kappa shape index (κ2) is 5.75. The minimum absolute atomic E-state index is 0.482. The minimum atomic E-state index is 0.482. The molecule has 0 spiro atoms. The van der Waals surface area contributed by atoms with Gasteiger partial charge in [-0.1, -0.05) is 6.92 Å². The molecule has 0 bridgehead atoms. The van der Waals surface area contributed by atoms with Gasteiger partial charge in [0.25, 0.3) is 0 Å². The molecule has 2 N–H and O–H groups in total. The van der Waals surface area contributed by atoms with E-state index in [-0.39, 0.29) is 0 Å². The van der Waals surface area contributed by atoms with Crippen molar-refractivity contribution in [3.8, 4) is 0 Å². The molecule has 12 heavy (non-hydrogen) atoms. The maximum atomic E-state index is 5.85. The fourth-order valence-corrected chi connectivity index (χ4v) is 3.61. The molecule has 0 amide bonds. The molecule has 1 aliphatic heterocycles. The van der Waals surface area contributed by atoms with E-state index in [1.807, 2.05) is 23.5 Å². The Morgan fingerprint density at radius 3 is 3.00 bits per heavy atom. The highest BCUT2D eigenvalue weighted by Crippen LogP contribution is 2.23. The van der Waals surface area contributed by atoms with Crippen molar-refractivity contribution < 1.29 is 0 Å². The van der Waals surface area contributed by atoms with Gasteiger partial charge in [-0.15, -0.1) is 11.8 Å². The molecule has 2 nitrogen and oxygen atoms in total. The fourth-order valence-electron chi connectivity index (χ4n) is 1.00. The summed E-state index contributed by atoms with van der Waals surface area (Å²) in [5.41, 5.74) is 5.85. The van der Waals surface area contributed by atoms with Crippen molar-refractivity contribution in [3.05, 3.63) is 0 Å². The summed E-state index contributed by atoms with van der Waals surface area (Å²) in [6.45, 7) is 3.01. The van der Waals surface area contributed by atoms with Crippen molar-refractivity contribution in [3.63, 3.8) is 0 Å². The van der Waals surface area contributed by atoms with Crippen LogP contribution in [0.15, 0.2) is 4.99 Å². The molecule has 1 heterocycles. The minimum Gasteiger partial charge on any atom is -0.387 e. The Balaban J connectivity index is 2.33. The monoisotopic (exact) mass is 204 g/mol. The van der Waals surface area contributed by atoms with Crippen LogP contribution in [0.25, 0.3) is 0 Å². The lowest BCUT2D eigenvalue weighted by atomic mass is 10.4. The lowest BCUT2D eigenvalue weighted by Gasteiger charge is -2.20. The Morgan fingerprint density at radius 2 is 2.42 bits per heavy atom. The number of nitrogens with two attached hydrogens (primary N) is 1. The first-order valence-corrected chi connectivity index (χ1v) is 6.54. The van der Waals surface area contributed by atoms with E-state index in [4.69, 9.17) is 5.73 Å². The Bertz CT molecular complexity index is 153. The molecule has 0 aromatic heterocycles. The fraction of sp³-hybridized carbons (Fsp3) is 0.875. The number of nitrogens with zero attached hydrogens (tertiary/aromatic N) is 1. The van der Waals surface area contributed by atoms with Gasteiger partial charge in [0.15, 0.2) is 0 Å². The summed E-state index contributed by atoms with van der Waals surface area (Å²) in [4.78, 5) is 4.33. The summed E-state index contributed by atoms with van der Waals surface area (Å²) in [5.74, 6) is 4.48. The largest absolute Gasteiger partial charge is 0.387 e. The van der Waals surface area contributed by atoms with Crippen molar-refractivity contribution in [1.82, 2.24) is 0 Å². The van der Waals surface area contributed by atoms with Gasteiger partial charge in [-0.3, -0.25) is 4.99 Å². The van der Waals surface area contributed by atoms with Gasteiger partial charge in [0.05, 0.1) is 5.25 Å². The highest BCUT2D eigenvalue weighted by Gasteiger charge is 2.17. The molecule has 0 aromatic rings. The first-order valence-electron chi connectivity index (χ1n) is 4.33. The SMILES string of the molecule is CCCN=C(N)C1CSCCS1. The van der Waals surface area contributed by atoms with E-state index >= 15 is 0 Å². The third-order valence-corrected chi connectivity index (χ3v) is 4.45. The zero-order valence-corrected chi connectivity index (χ0v) is 9.09. The van der Waals surface area contributed by atoms with Crippen molar-refractivity contribution in [1.29, 1.82) is 0 Å². The van der Waals surface area contributed by atoms with E-state index in [1.54, 1.807) is 0 Å². The lowest BCUT2D eigenvalue weighted by Crippen LogP contribution is -2.31. The Kier molecular flexibility index (Phi) is 4.92. The van der Waals surface area contributed by atoms with Crippen LogP contribution < -0.4 is 5.73 Å². The quantitative estimate of drug-likeness (QED) is 0.560. The molecule has 1 saturated heterocycles. The van der Waals surface area contributed by atoms with Crippen LogP contribution in [0.5, 0.6) is 0 Å². The van der Waals surface area contributed by atoms with Crippen molar-refractivity contribution in [2.24, 2.45) is 10.7 Å². The van der Waals surface area contributed by atoms with Gasteiger partial charge < -0.3 is 5.73 Å². The van der Waals surface area contributed by atoms with Crippen LogP contribution in [0.2, 0.25) is 0 Å². The van der Waals surface area contributed by atoms with Gasteiger partial charge in [-0.25, -0.2) is 0 Å². The first kappa shape index (κ1) is 10.3. The van der Waals surface area contributed by atoms with Crippen LogP contribution in [0.4, 0.5) is 0 Å². The van der Waals surface area contributed by atoms with Gasteiger partial charge in [0.1, 0.15) is 5.84 Å². The van der Waals surface area contributed by atoms with Crippen LogP contribution in [0.3, 0.4) is 0 Å². The van der Waals surface area contributed by atoms with Crippen LogP contribution in [-0.2, 0) is 0 Å². The van der Waals surface area contributed by atoms with Gasteiger partial charge >= 0.3 is 0 Å². The van der Waals surface area contributed by atoms with Crippen LogP contribution in [0.1, 0.15) is 13.3 Å². The molecule has 1 atom stereocenters. The molecule has 0 saturated carbocycles. The second-order valence-corrected chi connectivity index (χ2v) is 5.20. The summed E-state index contributed by atoms with van der Waals surface area (Å²) in [7, 11) is 0.